The molecule has 0 bridgehead atoms. The molecule has 0 saturated carbocycles. The zero-order chi connectivity index (χ0) is 22.6. The SMILES string of the molecule is CCC(=O)Nc1cc(C(=O)NC2CCCN(c3ncc(C(F)(F)F)cc3Cl)C2)ccn1. The van der Waals surface area contributed by atoms with Gasteiger partial charge in [-0.05, 0) is 31.0 Å². The molecule has 0 spiro atoms. The number of anilines is 2. The van der Waals surface area contributed by atoms with Gasteiger partial charge in [0.2, 0.25) is 5.91 Å². The van der Waals surface area contributed by atoms with Gasteiger partial charge in [-0.25, -0.2) is 9.97 Å². The molecule has 1 atom stereocenters. The molecule has 0 radical (unpaired) electrons. The van der Waals surface area contributed by atoms with E-state index in [2.05, 4.69) is 20.6 Å². The van der Waals surface area contributed by atoms with Crippen LogP contribution in [0.4, 0.5) is 24.8 Å². The molecule has 2 N–H and O–H groups in total. The Labute approximate surface area is 182 Å². The Kier molecular flexibility index (Phi) is 6.99. The Hall–Kier alpha value is -2.88. The van der Waals surface area contributed by atoms with Gasteiger partial charge in [-0.2, -0.15) is 13.2 Å². The van der Waals surface area contributed by atoms with Gasteiger partial charge in [0.15, 0.2) is 0 Å². The Morgan fingerprint density at radius 2 is 2.06 bits per heavy atom. The predicted octanol–water partition coefficient (Wildman–Crippen LogP) is 3.90. The zero-order valence-electron chi connectivity index (χ0n) is 16.7. The van der Waals surface area contributed by atoms with Crippen LogP contribution < -0.4 is 15.5 Å². The number of rotatable bonds is 5. The summed E-state index contributed by atoms with van der Waals surface area (Å²) in [5.41, 5.74) is -0.573. The van der Waals surface area contributed by atoms with E-state index in [-0.39, 0.29) is 40.9 Å². The van der Waals surface area contributed by atoms with Gasteiger partial charge in [0.25, 0.3) is 5.91 Å². The molecular weight excluding hydrogens is 435 g/mol. The highest BCUT2D eigenvalue weighted by molar-refractivity contribution is 6.33. The van der Waals surface area contributed by atoms with Crippen molar-refractivity contribution in [3.63, 3.8) is 0 Å². The number of aromatic nitrogens is 2. The maximum Gasteiger partial charge on any atom is 0.417 e. The fourth-order valence-electron chi connectivity index (χ4n) is 3.25. The minimum absolute atomic E-state index is 0.0905. The van der Waals surface area contributed by atoms with Gasteiger partial charge in [0.05, 0.1) is 10.6 Å². The van der Waals surface area contributed by atoms with Gasteiger partial charge < -0.3 is 15.5 Å². The van der Waals surface area contributed by atoms with Crippen molar-refractivity contribution in [2.45, 2.75) is 38.4 Å². The zero-order valence-corrected chi connectivity index (χ0v) is 17.4. The van der Waals surface area contributed by atoms with Gasteiger partial charge >= 0.3 is 6.18 Å². The maximum absolute atomic E-state index is 12.8. The minimum Gasteiger partial charge on any atom is -0.353 e. The largest absolute Gasteiger partial charge is 0.417 e. The van der Waals surface area contributed by atoms with Gasteiger partial charge in [-0.1, -0.05) is 18.5 Å². The lowest BCUT2D eigenvalue weighted by Crippen LogP contribution is -2.48. The van der Waals surface area contributed by atoms with Crippen molar-refractivity contribution in [1.29, 1.82) is 0 Å². The fourth-order valence-corrected chi connectivity index (χ4v) is 3.53. The van der Waals surface area contributed by atoms with Crippen LogP contribution in [0.3, 0.4) is 0 Å². The van der Waals surface area contributed by atoms with Gasteiger partial charge in [0.1, 0.15) is 11.6 Å². The number of nitrogens with one attached hydrogen (secondary N) is 2. The van der Waals surface area contributed by atoms with E-state index >= 15 is 0 Å². The summed E-state index contributed by atoms with van der Waals surface area (Å²) in [5.74, 6) is -0.0192. The molecule has 1 unspecified atom stereocenters. The van der Waals surface area contributed by atoms with Crippen LogP contribution in [0.5, 0.6) is 0 Å². The molecule has 31 heavy (non-hydrogen) atoms. The van der Waals surface area contributed by atoms with Crippen molar-refractivity contribution in [2.75, 3.05) is 23.3 Å². The van der Waals surface area contributed by atoms with Crippen molar-refractivity contribution < 1.29 is 22.8 Å². The summed E-state index contributed by atoms with van der Waals surface area (Å²) < 4.78 is 38.5. The smallest absolute Gasteiger partial charge is 0.353 e. The number of hydrogen-bond donors (Lipinski definition) is 2. The van der Waals surface area contributed by atoms with E-state index < -0.39 is 11.7 Å². The van der Waals surface area contributed by atoms with E-state index in [1.165, 1.54) is 18.3 Å². The van der Waals surface area contributed by atoms with Gasteiger partial charge in [0, 0.05) is 43.5 Å². The molecule has 2 aromatic heterocycles. The molecule has 1 fully saturated rings. The summed E-state index contributed by atoms with van der Waals surface area (Å²) in [6.45, 7) is 2.62. The number of piperidine rings is 1. The number of carbonyl (C=O) groups is 2. The summed E-state index contributed by atoms with van der Waals surface area (Å²) in [6.07, 6.45) is -0.640. The standard InChI is InChI=1S/C20H21ClF3N5O2/c1-2-17(30)28-16-8-12(5-6-25-16)19(31)27-14-4-3-7-29(11-14)18-15(21)9-13(10-26-18)20(22,23)24/h5-6,8-10,14H,2-4,7,11H2,1H3,(H,27,31)(H,25,28,30). The van der Waals surface area contributed by atoms with E-state index in [0.717, 1.165) is 12.3 Å². The lowest BCUT2D eigenvalue weighted by molar-refractivity contribution is -0.137. The van der Waals surface area contributed by atoms with E-state index in [4.69, 9.17) is 11.6 Å². The molecule has 2 aromatic rings. The third-order valence-corrected chi connectivity index (χ3v) is 5.09. The molecular formula is C20H21ClF3N5O2. The molecule has 0 aromatic carbocycles. The second-order valence-corrected chi connectivity index (χ2v) is 7.52. The molecule has 7 nitrogen and oxygen atoms in total. The van der Waals surface area contributed by atoms with Crippen LogP contribution in [0.1, 0.15) is 42.1 Å². The number of alkyl halides is 3. The molecule has 1 saturated heterocycles. The number of carbonyl (C=O) groups excluding carboxylic acids is 2. The van der Waals surface area contributed by atoms with E-state index in [1.54, 1.807) is 11.8 Å². The number of halogens is 4. The summed E-state index contributed by atoms with van der Waals surface area (Å²) in [6, 6.07) is 3.63. The van der Waals surface area contributed by atoms with E-state index in [1.807, 2.05) is 0 Å². The molecule has 0 aliphatic carbocycles. The highest BCUT2D eigenvalue weighted by atomic mass is 35.5. The first-order chi connectivity index (χ1) is 14.7. The van der Waals surface area contributed by atoms with Crippen LogP contribution in [0.25, 0.3) is 0 Å². The monoisotopic (exact) mass is 455 g/mol. The minimum atomic E-state index is -4.52. The first-order valence-electron chi connectivity index (χ1n) is 9.72. The lowest BCUT2D eigenvalue weighted by atomic mass is 10.0. The molecule has 1 aliphatic heterocycles. The number of hydrogen-bond acceptors (Lipinski definition) is 5. The van der Waals surface area contributed by atoms with Crippen molar-refractivity contribution in [1.82, 2.24) is 15.3 Å². The Morgan fingerprint density at radius 3 is 2.74 bits per heavy atom. The highest BCUT2D eigenvalue weighted by Crippen LogP contribution is 2.34. The molecule has 3 heterocycles. The van der Waals surface area contributed by atoms with Crippen LogP contribution in [-0.4, -0.2) is 40.9 Å². The summed E-state index contributed by atoms with van der Waals surface area (Å²) >= 11 is 6.06. The first kappa shape index (κ1) is 22.8. The average Bonchev–Trinajstić information content (AvgIpc) is 2.73. The summed E-state index contributed by atoms with van der Waals surface area (Å²) in [5, 5.41) is 5.42. The summed E-state index contributed by atoms with van der Waals surface area (Å²) in [4.78, 5) is 33.8. The number of amides is 2. The van der Waals surface area contributed by atoms with Crippen LogP contribution in [0.2, 0.25) is 5.02 Å². The van der Waals surface area contributed by atoms with Crippen LogP contribution in [0, 0.1) is 0 Å². The van der Waals surface area contributed by atoms with Crippen molar-refractivity contribution >= 4 is 35.1 Å². The summed E-state index contributed by atoms with van der Waals surface area (Å²) in [7, 11) is 0. The van der Waals surface area contributed by atoms with E-state index in [9.17, 15) is 22.8 Å². The molecule has 1 aliphatic rings. The first-order valence-corrected chi connectivity index (χ1v) is 10.1. The van der Waals surface area contributed by atoms with Crippen LogP contribution in [0.15, 0.2) is 30.6 Å². The normalized spacial score (nSPS) is 16.7. The molecule has 166 valence electrons. The number of nitrogens with zero attached hydrogens (tertiary/aromatic N) is 3. The molecule has 2 amide bonds. The fraction of sp³-hybridized carbons (Fsp3) is 0.400. The van der Waals surface area contributed by atoms with Gasteiger partial charge in [-0.3, -0.25) is 9.59 Å². The molecule has 3 rings (SSSR count). The van der Waals surface area contributed by atoms with Crippen LogP contribution >= 0.6 is 11.6 Å². The Morgan fingerprint density at radius 1 is 1.29 bits per heavy atom. The average molecular weight is 456 g/mol. The topological polar surface area (TPSA) is 87.2 Å². The second kappa shape index (κ2) is 9.51. The van der Waals surface area contributed by atoms with Crippen molar-refractivity contribution in [3.05, 3.63) is 46.7 Å². The predicted molar refractivity (Wildman–Crippen MR) is 110 cm³/mol. The Balaban J connectivity index is 1.67. The third-order valence-electron chi connectivity index (χ3n) is 4.82. The second-order valence-electron chi connectivity index (χ2n) is 7.12. The van der Waals surface area contributed by atoms with Gasteiger partial charge in [-0.15, -0.1) is 0 Å². The van der Waals surface area contributed by atoms with E-state index in [0.29, 0.717) is 31.5 Å². The number of pyridine rings is 2. The lowest BCUT2D eigenvalue weighted by Gasteiger charge is -2.34. The van der Waals surface area contributed by atoms with Crippen LogP contribution in [-0.2, 0) is 11.0 Å². The third kappa shape index (κ3) is 5.84. The quantitative estimate of drug-likeness (QED) is 0.714. The Bertz CT molecular complexity index is 970. The van der Waals surface area contributed by atoms with Crippen molar-refractivity contribution in [3.8, 4) is 0 Å². The van der Waals surface area contributed by atoms with Crippen molar-refractivity contribution in [2.24, 2.45) is 0 Å². The molecule has 11 heteroatoms. The highest BCUT2D eigenvalue weighted by Gasteiger charge is 2.32. The maximum atomic E-state index is 12.8.